The number of fused-ring (bicyclic) bond motifs is 2. The molecule has 0 aromatic heterocycles. The van der Waals surface area contributed by atoms with E-state index in [0.717, 1.165) is 37.9 Å². The van der Waals surface area contributed by atoms with Gasteiger partial charge >= 0.3 is 0 Å². The van der Waals surface area contributed by atoms with Crippen LogP contribution in [-0.2, 0) is 4.79 Å². The summed E-state index contributed by atoms with van der Waals surface area (Å²) < 4.78 is 0. The zero-order valence-electron chi connectivity index (χ0n) is 12.2. The Morgan fingerprint density at radius 3 is 2.70 bits per heavy atom. The maximum atomic E-state index is 12.9. The van der Waals surface area contributed by atoms with Crippen molar-refractivity contribution in [3.63, 3.8) is 0 Å². The fourth-order valence-electron chi connectivity index (χ4n) is 3.59. The van der Waals surface area contributed by atoms with Crippen LogP contribution in [0.5, 0.6) is 0 Å². The smallest absolute Gasteiger partial charge is 0.231 e. The lowest BCUT2D eigenvalue weighted by Crippen LogP contribution is -2.41. The Hall–Kier alpha value is -1.35. The third-order valence-corrected chi connectivity index (χ3v) is 4.69. The van der Waals surface area contributed by atoms with E-state index in [-0.39, 0.29) is 5.92 Å². The van der Waals surface area contributed by atoms with Crippen LogP contribution in [0.25, 0.3) is 0 Å². The highest BCUT2D eigenvalue weighted by Gasteiger charge is 2.44. The maximum Gasteiger partial charge on any atom is 0.231 e. The first-order valence-electron chi connectivity index (χ1n) is 7.92. The lowest BCUT2D eigenvalue weighted by atomic mass is 9.88. The number of nitrogens with one attached hydrogen (secondary N) is 1. The van der Waals surface area contributed by atoms with Crippen molar-refractivity contribution in [1.82, 2.24) is 5.32 Å². The second-order valence-electron chi connectivity index (χ2n) is 6.07. The highest BCUT2D eigenvalue weighted by molar-refractivity contribution is 5.95. The number of hydrogen-bond donors (Lipinski definition) is 1. The Labute approximate surface area is 121 Å². The maximum absolute atomic E-state index is 12.9. The molecule has 0 saturated carbocycles. The molecule has 1 amide bonds. The SMILES string of the molecule is CCCCN(C(=O)C1CC2CCC1N2)c1ccccc1. The number of rotatable bonds is 5. The van der Waals surface area contributed by atoms with Crippen molar-refractivity contribution in [2.75, 3.05) is 11.4 Å². The minimum atomic E-state index is 0.186. The molecule has 1 N–H and O–H groups in total. The van der Waals surface area contributed by atoms with E-state index >= 15 is 0 Å². The number of amides is 1. The first-order chi connectivity index (χ1) is 9.79. The van der Waals surface area contributed by atoms with Gasteiger partial charge in [-0.15, -0.1) is 0 Å². The third kappa shape index (κ3) is 2.59. The van der Waals surface area contributed by atoms with Gasteiger partial charge in [0.2, 0.25) is 5.91 Å². The minimum absolute atomic E-state index is 0.186. The van der Waals surface area contributed by atoms with E-state index < -0.39 is 0 Å². The summed E-state index contributed by atoms with van der Waals surface area (Å²) in [4.78, 5) is 14.9. The molecule has 3 atom stereocenters. The predicted octanol–water partition coefficient (Wildman–Crippen LogP) is 2.96. The molecule has 2 fully saturated rings. The molecule has 2 heterocycles. The van der Waals surface area contributed by atoms with Gasteiger partial charge < -0.3 is 10.2 Å². The van der Waals surface area contributed by atoms with E-state index in [9.17, 15) is 4.79 Å². The fourth-order valence-corrected chi connectivity index (χ4v) is 3.59. The van der Waals surface area contributed by atoms with Gasteiger partial charge in [-0.25, -0.2) is 0 Å². The average molecular weight is 272 g/mol. The second kappa shape index (κ2) is 5.96. The molecule has 20 heavy (non-hydrogen) atoms. The summed E-state index contributed by atoms with van der Waals surface area (Å²) in [6, 6.07) is 11.1. The Kier molecular flexibility index (Phi) is 4.06. The molecule has 2 aliphatic rings. The Morgan fingerprint density at radius 1 is 1.30 bits per heavy atom. The van der Waals surface area contributed by atoms with E-state index in [0.29, 0.717) is 18.0 Å². The van der Waals surface area contributed by atoms with Gasteiger partial charge in [0.15, 0.2) is 0 Å². The Bertz CT molecular complexity index is 459. The standard InChI is InChI=1S/C17H24N2O/c1-2-3-11-19(14-7-5-4-6-8-14)17(20)15-12-13-9-10-16(15)18-13/h4-8,13,15-16,18H,2-3,9-12H2,1H3. The van der Waals surface area contributed by atoms with E-state index in [1.54, 1.807) is 0 Å². The van der Waals surface area contributed by atoms with Crippen LogP contribution >= 0.6 is 0 Å². The van der Waals surface area contributed by atoms with Crippen LogP contribution in [0, 0.1) is 5.92 Å². The van der Waals surface area contributed by atoms with Crippen molar-refractivity contribution < 1.29 is 4.79 Å². The lowest BCUT2D eigenvalue weighted by Gasteiger charge is -2.29. The molecule has 0 spiro atoms. The average Bonchev–Trinajstić information content (AvgIpc) is 3.11. The molecule has 1 aromatic carbocycles. The first-order valence-corrected chi connectivity index (χ1v) is 7.92. The van der Waals surface area contributed by atoms with Gasteiger partial charge in [-0.05, 0) is 37.8 Å². The predicted molar refractivity (Wildman–Crippen MR) is 81.8 cm³/mol. The molecular formula is C17H24N2O. The quantitative estimate of drug-likeness (QED) is 0.893. The van der Waals surface area contributed by atoms with Gasteiger partial charge in [-0.3, -0.25) is 4.79 Å². The number of hydrogen-bond acceptors (Lipinski definition) is 2. The largest absolute Gasteiger partial charge is 0.312 e. The molecule has 108 valence electrons. The molecule has 0 aliphatic carbocycles. The normalized spacial score (nSPS) is 27.8. The molecule has 0 radical (unpaired) electrons. The lowest BCUT2D eigenvalue weighted by molar-refractivity contribution is -0.123. The number of benzene rings is 1. The molecule has 2 aliphatic heterocycles. The topological polar surface area (TPSA) is 32.3 Å². The number of carbonyl (C=O) groups is 1. The molecule has 3 nitrogen and oxygen atoms in total. The molecule has 3 unspecified atom stereocenters. The summed E-state index contributed by atoms with van der Waals surface area (Å²) in [5, 5.41) is 3.57. The summed E-state index contributed by atoms with van der Waals surface area (Å²) in [7, 11) is 0. The van der Waals surface area contributed by atoms with Gasteiger partial charge in [0.05, 0.1) is 5.92 Å². The number of anilines is 1. The van der Waals surface area contributed by atoms with E-state index in [2.05, 4.69) is 12.2 Å². The van der Waals surface area contributed by atoms with Crippen LogP contribution in [0.2, 0.25) is 0 Å². The van der Waals surface area contributed by atoms with Crippen molar-refractivity contribution in [3.05, 3.63) is 30.3 Å². The third-order valence-electron chi connectivity index (χ3n) is 4.69. The van der Waals surface area contributed by atoms with Crippen LogP contribution in [0.4, 0.5) is 5.69 Å². The monoisotopic (exact) mass is 272 g/mol. The Morgan fingerprint density at radius 2 is 2.10 bits per heavy atom. The molecule has 2 bridgehead atoms. The summed E-state index contributed by atoms with van der Waals surface area (Å²) in [5.41, 5.74) is 1.05. The van der Waals surface area contributed by atoms with Crippen molar-refractivity contribution >= 4 is 11.6 Å². The molecular weight excluding hydrogens is 248 g/mol. The minimum Gasteiger partial charge on any atom is -0.312 e. The number of unbranched alkanes of at least 4 members (excludes halogenated alkanes) is 1. The van der Waals surface area contributed by atoms with Crippen LogP contribution in [0.3, 0.4) is 0 Å². The van der Waals surface area contributed by atoms with Gasteiger partial charge in [0, 0.05) is 24.3 Å². The molecule has 1 aromatic rings. The molecule has 2 saturated heterocycles. The first kappa shape index (κ1) is 13.6. The number of nitrogens with zero attached hydrogens (tertiary/aromatic N) is 1. The van der Waals surface area contributed by atoms with Crippen LogP contribution in [0.1, 0.15) is 39.0 Å². The van der Waals surface area contributed by atoms with E-state index in [4.69, 9.17) is 0 Å². The second-order valence-corrected chi connectivity index (χ2v) is 6.07. The Balaban J connectivity index is 1.76. The van der Waals surface area contributed by atoms with Gasteiger partial charge in [0.25, 0.3) is 0 Å². The van der Waals surface area contributed by atoms with Crippen molar-refractivity contribution in [2.24, 2.45) is 5.92 Å². The van der Waals surface area contributed by atoms with E-state index in [1.807, 2.05) is 35.2 Å². The summed E-state index contributed by atoms with van der Waals surface area (Å²) >= 11 is 0. The van der Waals surface area contributed by atoms with Crippen LogP contribution < -0.4 is 10.2 Å². The highest BCUT2D eigenvalue weighted by Crippen LogP contribution is 2.35. The number of para-hydroxylation sites is 1. The van der Waals surface area contributed by atoms with Gasteiger partial charge in [0.1, 0.15) is 0 Å². The van der Waals surface area contributed by atoms with Crippen LogP contribution in [0.15, 0.2) is 30.3 Å². The van der Waals surface area contributed by atoms with Crippen molar-refractivity contribution in [2.45, 2.75) is 51.1 Å². The van der Waals surface area contributed by atoms with E-state index in [1.165, 1.54) is 6.42 Å². The van der Waals surface area contributed by atoms with Gasteiger partial charge in [-0.1, -0.05) is 31.5 Å². The summed E-state index contributed by atoms with van der Waals surface area (Å²) in [6.07, 6.45) is 5.62. The fraction of sp³-hybridized carbons (Fsp3) is 0.588. The zero-order chi connectivity index (χ0) is 13.9. The summed E-state index contributed by atoms with van der Waals surface area (Å²) in [6.45, 7) is 3.01. The van der Waals surface area contributed by atoms with Gasteiger partial charge in [-0.2, -0.15) is 0 Å². The van der Waals surface area contributed by atoms with Crippen LogP contribution in [-0.4, -0.2) is 24.5 Å². The highest BCUT2D eigenvalue weighted by atomic mass is 16.2. The summed E-state index contributed by atoms with van der Waals surface area (Å²) in [5.74, 6) is 0.509. The zero-order valence-corrected chi connectivity index (χ0v) is 12.2. The number of carbonyl (C=O) groups excluding carboxylic acids is 1. The molecule has 3 rings (SSSR count). The van der Waals surface area contributed by atoms with Crippen molar-refractivity contribution in [3.8, 4) is 0 Å². The van der Waals surface area contributed by atoms with Crippen molar-refractivity contribution in [1.29, 1.82) is 0 Å². The molecule has 3 heteroatoms.